The van der Waals surface area contributed by atoms with Crippen LogP contribution < -0.4 is 0 Å². The molecule has 3 heteroatoms. The smallest absolute Gasteiger partial charge is 0.0626 e. The van der Waals surface area contributed by atoms with Crippen LogP contribution in [0.3, 0.4) is 0 Å². The predicted molar refractivity (Wildman–Crippen MR) is 48.0 cm³/mol. The molecule has 1 unspecified atom stereocenters. The highest BCUT2D eigenvalue weighted by Gasteiger charge is 2.19. The Morgan fingerprint density at radius 1 is 1.90 bits per heavy atom. The molecular formula is C7H15NOSi. The van der Waals surface area contributed by atoms with Gasteiger partial charge in [-0.3, -0.25) is 0 Å². The van der Waals surface area contributed by atoms with Gasteiger partial charge in [-0.1, -0.05) is 25.1 Å². The van der Waals surface area contributed by atoms with Crippen LogP contribution in [0.25, 0.3) is 0 Å². The summed E-state index contributed by atoms with van der Waals surface area (Å²) in [5.74, 6) is 0. The lowest BCUT2D eigenvalue weighted by Crippen LogP contribution is -2.17. The van der Waals surface area contributed by atoms with Crippen molar-refractivity contribution in [3.05, 3.63) is 12.7 Å². The molecule has 0 aromatic rings. The van der Waals surface area contributed by atoms with E-state index in [4.69, 9.17) is 5.21 Å². The number of nitrogens with zero attached hydrogens (tertiary/aromatic N) is 1. The van der Waals surface area contributed by atoms with Crippen LogP contribution in [0.2, 0.25) is 5.04 Å². The largest absolute Gasteiger partial charge is 0.411 e. The summed E-state index contributed by atoms with van der Waals surface area (Å²) in [6.07, 6.45) is 2.64. The number of hydrogen-bond donors (Lipinski definition) is 1. The first kappa shape index (κ1) is 9.43. The summed E-state index contributed by atoms with van der Waals surface area (Å²) in [5, 5.41) is 11.7. The molecule has 2 nitrogen and oxygen atoms in total. The van der Waals surface area contributed by atoms with E-state index in [2.05, 4.69) is 11.7 Å². The van der Waals surface area contributed by atoms with Gasteiger partial charge in [-0.15, -0.1) is 6.58 Å². The van der Waals surface area contributed by atoms with Crippen LogP contribution in [0, 0.1) is 0 Å². The fourth-order valence-electron chi connectivity index (χ4n) is 0.773. The highest BCUT2D eigenvalue weighted by atomic mass is 28.1. The second-order valence-electron chi connectivity index (χ2n) is 2.83. The number of allylic oxidation sites excluding steroid dienone is 1. The van der Waals surface area contributed by atoms with E-state index in [-0.39, 0.29) is 5.04 Å². The Labute approximate surface area is 65.1 Å². The van der Waals surface area contributed by atoms with E-state index in [1.807, 2.05) is 19.9 Å². The summed E-state index contributed by atoms with van der Waals surface area (Å²) in [5.41, 5.74) is 0.828. The van der Waals surface area contributed by atoms with E-state index < -0.39 is 0 Å². The maximum absolute atomic E-state index is 8.56. The van der Waals surface area contributed by atoms with Crippen molar-refractivity contribution in [3.8, 4) is 0 Å². The molecule has 0 saturated carbocycles. The van der Waals surface area contributed by atoms with Crippen molar-refractivity contribution < 1.29 is 5.21 Å². The van der Waals surface area contributed by atoms with Gasteiger partial charge < -0.3 is 5.21 Å². The summed E-state index contributed by atoms with van der Waals surface area (Å²) in [4.78, 5) is 0. The van der Waals surface area contributed by atoms with Gasteiger partial charge in [0.25, 0.3) is 0 Å². The summed E-state index contributed by atoms with van der Waals surface area (Å²) >= 11 is 0. The molecule has 0 spiro atoms. The molecule has 0 aromatic carbocycles. The standard InChI is InChI=1S/C7H15NOSi/c1-4-6(8-9)7(3,10)5-2/h5,9H,2,4H2,1,3,10H3. The zero-order chi connectivity index (χ0) is 8.20. The lowest BCUT2D eigenvalue weighted by molar-refractivity contribution is 0.315. The lowest BCUT2D eigenvalue weighted by atomic mass is 10.0. The van der Waals surface area contributed by atoms with Crippen LogP contribution in [0.15, 0.2) is 17.8 Å². The van der Waals surface area contributed by atoms with Crippen molar-refractivity contribution in [3.63, 3.8) is 0 Å². The molecule has 0 aliphatic rings. The fourth-order valence-corrected chi connectivity index (χ4v) is 1.23. The summed E-state index contributed by atoms with van der Waals surface area (Å²) in [7, 11) is 0.943. The van der Waals surface area contributed by atoms with Gasteiger partial charge in [0.2, 0.25) is 0 Å². The summed E-state index contributed by atoms with van der Waals surface area (Å²) in [6, 6.07) is 0. The molecule has 0 aliphatic carbocycles. The Kier molecular flexibility index (Phi) is 3.36. The van der Waals surface area contributed by atoms with Crippen molar-refractivity contribution in [1.29, 1.82) is 0 Å². The van der Waals surface area contributed by atoms with Crippen molar-refractivity contribution in [2.75, 3.05) is 0 Å². The second-order valence-corrected chi connectivity index (χ2v) is 4.90. The van der Waals surface area contributed by atoms with Crippen LogP contribution in [0.1, 0.15) is 20.3 Å². The highest BCUT2D eigenvalue weighted by molar-refractivity contribution is 6.30. The fraction of sp³-hybridized carbons (Fsp3) is 0.571. The summed E-state index contributed by atoms with van der Waals surface area (Å²) in [6.45, 7) is 7.71. The third-order valence-electron chi connectivity index (χ3n) is 1.71. The topological polar surface area (TPSA) is 32.6 Å². The molecule has 10 heavy (non-hydrogen) atoms. The molecule has 0 radical (unpaired) electrons. The first-order valence-corrected chi connectivity index (χ1v) is 4.43. The van der Waals surface area contributed by atoms with Crippen LogP contribution in [0.5, 0.6) is 0 Å². The lowest BCUT2D eigenvalue weighted by Gasteiger charge is -2.19. The molecule has 0 aliphatic heterocycles. The predicted octanol–water partition coefficient (Wildman–Crippen LogP) is 0.957. The van der Waals surface area contributed by atoms with Gasteiger partial charge in [-0.25, -0.2) is 0 Å². The van der Waals surface area contributed by atoms with Gasteiger partial charge in [0.1, 0.15) is 0 Å². The Hall–Kier alpha value is -0.573. The van der Waals surface area contributed by atoms with E-state index >= 15 is 0 Å². The SMILES string of the molecule is C=CC(C)([SiH3])C(CC)=NO. The third kappa shape index (κ3) is 1.99. The van der Waals surface area contributed by atoms with Crippen molar-refractivity contribution in [2.24, 2.45) is 5.16 Å². The van der Waals surface area contributed by atoms with Crippen LogP contribution in [-0.2, 0) is 0 Å². The van der Waals surface area contributed by atoms with Gasteiger partial charge in [0, 0.05) is 15.3 Å². The Morgan fingerprint density at radius 2 is 2.40 bits per heavy atom. The summed E-state index contributed by atoms with van der Waals surface area (Å²) < 4.78 is 0. The molecule has 0 amide bonds. The molecule has 0 heterocycles. The van der Waals surface area contributed by atoms with Gasteiger partial charge in [0.05, 0.1) is 5.71 Å². The van der Waals surface area contributed by atoms with Gasteiger partial charge in [-0.2, -0.15) is 0 Å². The van der Waals surface area contributed by atoms with E-state index in [0.717, 1.165) is 22.4 Å². The number of hydrogen-bond acceptors (Lipinski definition) is 2. The molecular weight excluding hydrogens is 142 g/mol. The maximum Gasteiger partial charge on any atom is 0.0626 e. The maximum atomic E-state index is 8.56. The molecule has 0 rings (SSSR count). The molecule has 1 atom stereocenters. The van der Waals surface area contributed by atoms with Crippen LogP contribution in [0.4, 0.5) is 0 Å². The van der Waals surface area contributed by atoms with Gasteiger partial charge in [-0.05, 0) is 6.42 Å². The highest BCUT2D eigenvalue weighted by Crippen LogP contribution is 2.24. The molecule has 58 valence electrons. The number of oxime groups is 1. The molecule has 0 bridgehead atoms. The minimum Gasteiger partial charge on any atom is -0.411 e. The van der Waals surface area contributed by atoms with Crippen molar-refractivity contribution in [2.45, 2.75) is 25.3 Å². The Bertz CT molecular complexity index is 152. The Morgan fingerprint density at radius 3 is 2.50 bits per heavy atom. The average molecular weight is 157 g/mol. The van der Waals surface area contributed by atoms with Gasteiger partial charge >= 0.3 is 0 Å². The molecule has 0 aromatic heterocycles. The second kappa shape index (κ2) is 3.56. The molecule has 0 fully saturated rings. The van der Waals surface area contributed by atoms with Crippen LogP contribution >= 0.6 is 0 Å². The minimum atomic E-state index is -0.0382. The Balaban J connectivity index is 4.43. The van der Waals surface area contributed by atoms with Crippen molar-refractivity contribution >= 4 is 16.0 Å². The van der Waals surface area contributed by atoms with Crippen molar-refractivity contribution in [1.82, 2.24) is 0 Å². The quantitative estimate of drug-likeness (QED) is 0.214. The van der Waals surface area contributed by atoms with Gasteiger partial charge in [0.15, 0.2) is 0 Å². The molecule has 1 N–H and O–H groups in total. The first-order valence-electron chi connectivity index (χ1n) is 3.43. The van der Waals surface area contributed by atoms with E-state index in [9.17, 15) is 0 Å². The zero-order valence-electron chi connectivity index (χ0n) is 6.89. The monoisotopic (exact) mass is 157 g/mol. The minimum absolute atomic E-state index is 0.0382. The normalized spacial score (nSPS) is 18.4. The average Bonchev–Trinajstić information content (AvgIpc) is 1.90. The molecule has 0 saturated heterocycles. The zero-order valence-corrected chi connectivity index (χ0v) is 8.89. The van der Waals surface area contributed by atoms with E-state index in [1.165, 1.54) is 0 Å². The third-order valence-corrected chi connectivity index (χ3v) is 2.70. The van der Waals surface area contributed by atoms with E-state index in [0.29, 0.717) is 0 Å². The van der Waals surface area contributed by atoms with E-state index in [1.54, 1.807) is 0 Å². The van der Waals surface area contributed by atoms with Crippen LogP contribution in [-0.4, -0.2) is 21.2 Å². The first-order chi connectivity index (χ1) is 4.58. The number of rotatable bonds is 3.